The lowest BCUT2D eigenvalue weighted by Gasteiger charge is -2.02. The molecule has 0 aliphatic carbocycles. The average molecular weight is 306 g/mol. The van der Waals surface area contributed by atoms with Gasteiger partial charge in [0.05, 0.1) is 5.57 Å². The van der Waals surface area contributed by atoms with E-state index in [0.717, 1.165) is 11.1 Å². The normalized spacial score (nSPS) is 15.3. The number of esters is 2. The Morgan fingerprint density at radius 1 is 1.09 bits per heavy atom. The number of benzene rings is 2. The predicted molar refractivity (Wildman–Crippen MR) is 86.2 cm³/mol. The summed E-state index contributed by atoms with van der Waals surface area (Å²) in [6.45, 7) is 1.34. The molecule has 0 bridgehead atoms. The molecule has 23 heavy (non-hydrogen) atoms. The maximum absolute atomic E-state index is 12.0. The van der Waals surface area contributed by atoms with Gasteiger partial charge in [0.2, 0.25) is 0 Å². The smallest absolute Gasteiger partial charge is 0.343 e. The van der Waals surface area contributed by atoms with Crippen LogP contribution in [0.2, 0.25) is 0 Å². The van der Waals surface area contributed by atoms with Gasteiger partial charge in [-0.1, -0.05) is 42.5 Å². The lowest BCUT2D eigenvalue weighted by Crippen LogP contribution is -2.01. The van der Waals surface area contributed by atoms with Crippen LogP contribution in [0.25, 0.3) is 11.8 Å². The van der Waals surface area contributed by atoms with Crippen LogP contribution in [0.3, 0.4) is 0 Å². The Labute approximate surface area is 133 Å². The lowest BCUT2D eigenvalue weighted by atomic mass is 10.1. The average Bonchev–Trinajstić information content (AvgIpc) is 2.89. The minimum absolute atomic E-state index is 0.388. The van der Waals surface area contributed by atoms with Crippen LogP contribution in [0, 0.1) is 0 Å². The Kier molecular flexibility index (Phi) is 4.06. The van der Waals surface area contributed by atoms with Crippen molar-refractivity contribution in [3.63, 3.8) is 0 Å². The zero-order valence-electron chi connectivity index (χ0n) is 12.5. The van der Waals surface area contributed by atoms with Gasteiger partial charge >= 0.3 is 11.9 Å². The second-order valence-corrected chi connectivity index (χ2v) is 5.03. The van der Waals surface area contributed by atoms with Crippen molar-refractivity contribution in [1.82, 2.24) is 0 Å². The van der Waals surface area contributed by atoms with E-state index < -0.39 is 5.97 Å². The molecule has 1 aliphatic heterocycles. The van der Waals surface area contributed by atoms with Gasteiger partial charge in [0.1, 0.15) is 11.5 Å². The maximum Gasteiger partial charge on any atom is 0.343 e. The molecule has 4 nitrogen and oxygen atoms in total. The quantitative estimate of drug-likeness (QED) is 0.494. The van der Waals surface area contributed by atoms with E-state index in [4.69, 9.17) is 9.47 Å². The van der Waals surface area contributed by atoms with Crippen molar-refractivity contribution in [1.29, 1.82) is 0 Å². The molecule has 4 heteroatoms. The van der Waals surface area contributed by atoms with Gasteiger partial charge in [0.25, 0.3) is 0 Å². The van der Waals surface area contributed by atoms with E-state index in [1.807, 2.05) is 36.4 Å². The van der Waals surface area contributed by atoms with E-state index in [0.29, 0.717) is 17.1 Å². The van der Waals surface area contributed by atoms with Crippen LogP contribution in [-0.2, 0) is 14.3 Å². The molecule has 1 heterocycles. The molecule has 3 rings (SSSR count). The second kappa shape index (κ2) is 6.32. The van der Waals surface area contributed by atoms with Crippen molar-refractivity contribution in [2.45, 2.75) is 6.92 Å². The van der Waals surface area contributed by atoms with Crippen molar-refractivity contribution < 1.29 is 19.1 Å². The van der Waals surface area contributed by atoms with Crippen LogP contribution >= 0.6 is 0 Å². The molecular formula is C19H14O4. The van der Waals surface area contributed by atoms with E-state index >= 15 is 0 Å². The minimum Gasteiger partial charge on any atom is -0.427 e. The predicted octanol–water partition coefficient (Wildman–Crippen LogP) is 3.59. The molecule has 0 amide bonds. The third kappa shape index (κ3) is 3.55. The summed E-state index contributed by atoms with van der Waals surface area (Å²) in [4.78, 5) is 23.0. The minimum atomic E-state index is -0.401. The standard InChI is InChI=1S/C19H14O4/c1-13(20)22-17-9-5-6-14(11-17)10-16-12-18(23-19(16)21)15-7-3-2-4-8-15/h2-12H,1H3. The summed E-state index contributed by atoms with van der Waals surface area (Å²) < 4.78 is 10.3. The Morgan fingerprint density at radius 2 is 1.87 bits per heavy atom. The van der Waals surface area contributed by atoms with Crippen molar-refractivity contribution in [3.8, 4) is 5.75 Å². The highest BCUT2D eigenvalue weighted by Gasteiger charge is 2.21. The second-order valence-electron chi connectivity index (χ2n) is 5.03. The van der Waals surface area contributed by atoms with Crippen LogP contribution in [0.1, 0.15) is 18.1 Å². The zero-order chi connectivity index (χ0) is 16.2. The first-order valence-electron chi connectivity index (χ1n) is 7.11. The highest BCUT2D eigenvalue weighted by atomic mass is 16.5. The first-order chi connectivity index (χ1) is 11.1. The van der Waals surface area contributed by atoms with Crippen LogP contribution in [0.4, 0.5) is 0 Å². The molecule has 0 fully saturated rings. The molecule has 0 saturated carbocycles. The molecule has 0 saturated heterocycles. The molecule has 0 spiro atoms. The van der Waals surface area contributed by atoms with Gasteiger partial charge in [-0.15, -0.1) is 0 Å². The van der Waals surface area contributed by atoms with Crippen molar-refractivity contribution in [2.75, 3.05) is 0 Å². The van der Waals surface area contributed by atoms with Crippen molar-refractivity contribution in [3.05, 3.63) is 77.4 Å². The summed E-state index contributed by atoms with van der Waals surface area (Å²) in [6.07, 6.45) is 3.40. The number of hydrogen-bond donors (Lipinski definition) is 0. The Bertz CT molecular complexity index is 816. The highest BCUT2D eigenvalue weighted by molar-refractivity contribution is 6.05. The summed E-state index contributed by atoms with van der Waals surface area (Å²) in [6, 6.07) is 16.4. The Morgan fingerprint density at radius 3 is 2.61 bits per heavy atom. The van der Waals surface area contributed by atoms with Gasteiger partial charge in [0.15, 0.2) is 0 Å². The van der Waals surface area contributed by atoms with E-state index in [2.05, 4.69) is 0 Å². The van der Waals surface area contributed by atoms with Crippen LogP contribution in [0.15, 0.2) is 66.2 Å². The molecule has 114 valence electrons. The van der Waals surface area contributed by atoms with Gasteiger partial charge in [-0.25, -0.2) is 4.79 Å². The summed E-state index contributed by atoms with van der Waals surface area (Å²) >= 11 is 0. The molecule has 0 radical (unpaired) electrons. The SMILES string of the molecule is CC(=O)Oc1cccc(C=C2C=C(c3ccccc3)OC2=O)c1. The topological polar surface area (TPSA) is 52.6 Å². The van der Waals surface area contributed by atoms with Crippen LogP contribution < -0.4 is 4.74 Å². The molecule has 2 aromatic rings. The molecule has 0 unspecified atom stereocenters. The van der Waals surface area contributed by atoms with Gasteiger partial charge in [-0.2, -0.15) is 0 Å². The van der Waals surface area contributed by atoms with Crippen LogP contribution in [0.5, 0.6) is 5.75 Å². The fourth-order valence-electron chi connectivity index (χ4n) is 2.25. The third-order valence-electron chi connectivity index (χ3n) is 3.23. The summed E-state index contributed by atoms with van der Waals surface area (Å²) in [7, 11) is 0. The number of cyclic esters (lactones) is 1. The zero-order valence-corrected chi connectivity index (χ0v) is 12.5. The number of hydrogen-bond acceptors (Lipinski definition) is 4. The molecule has 1 aliphatic rings. The maximum atomic E-state index is 12.0. The number of carbonyl (C=O) groups is 2. The molecule has 0 N–H and O–H groups in total. The molecule has 2 aromatic carbocycles. The number of carbonyl (C=O) groups excluding carboxylic acids is 2. The largest absolute Gasteiger partial charge is 0.427 e. The summed E-state index contributed by atoms with van der Waals surface area (Å²) in [5.41, 5.74) is 2.04. The first kappa shape index (κ1) is 14.8. The van der Waals surface area contributed by atoms with Gasteiger partial charge < -0.3 is 9.47 Å². The van der Waals surface area contributed by atoms with Gasteiger partial charge in [0, 0.05) is 12.5 Å². The van der Waals surface area contributed by atoms with Crippen molar-refractivity contribution >= 4 is 23.8 Å². The van der Waals surface area contributed by atoms with E-state index in [9.17, 15) is 9.59 Å². The van der Waals surface area contributed by atoms with E-state index in [-0.39, 0.29) is 5.97 Å². The van der Waals surface area contributed by atoms with E-state index in [1.54, 1.807) is 30.4 Å². The third-order valence-corrected chi connectivity index (χ3v) is 3.23. The van der Waals surface area contributed by atoms with Gasteiger partial charge in [-0.05, 0) is 29.8 Å². The monoisotopic (exact) mass is 306 g/mol. The highest BCUT2D eigenvalue weighted by Crippen LogP contribution is 2.27. The van der Waals surface area contributed by atoms with Crippen LogP contribution in [-0.4, -0.2) is 11.9 Å². The Balaban J connectivity index is 1.89. The molecule has 0 atom stereocenters. The molecule has 0 aromatic heterocycles. The Hall–Kier alpha value is -3.14. The number of rotatable bonds is 3. The first-order valence-corrected chi connectivity index (χ1v) is 7.11. The fourth-order valence-corrected chi connectivity index (χ4v) is 2.25. The summed E-state index contributed by atoms with van der Waals surface area (Å²) in [5.74, 6) is 0.173. The van der Waals surface area contributed by atoms with E-state index in [1.165, 1.54) is 6.92 Å². The number of ether oxygens (including phenoxy) is 2. The fraction of sp³-hybridized carbons (Fsp3) is 0.0526. The van der Waals surface area contributed by atoms with Crippen molar-refractivity contribution in [2.24, 2.45) is 0 Å². The lowest BCUT2D eigenvalue weighted by molar-refractivity contribution is -0.132. The van der Waals surface area contributed by atoms with Gasteiger partial charge in [-0.3, -0.25) is 4.79 Å². The summed E-state index contributed by atoms with van der Waals surface area (Å²) in [5, 5.41) is 0. The molecular weight excluding hydrogens is 292 g/mol.